The molecular formula is C13H18N2OS. The number of likely N-dealkylation sites (tertiary alicyclic amines) is 1. The Bertz CT molecular complexity index is 390. The summed E-state index contributed by atoms with van der Waals surface area (Å²) in [5.41, 5.74) is 0. The Kier molecular flexibility index (Phi) is 3.16. The van der Waals surface area contributed by atoms with Gasteiger partial charge in [-0.2, -0.15) is 0 Å². The van der Waals surface area contributed by atoms with E-state index < -0.39 is 0 Å². The quantitative estimate of drug-likeness (QED) is 0.826. The first-order valence-corrected chi connectivity index (χ1v) is 7.29. The van der Waals surface area contributed by atoms with Crippen molar-refractivity contribution in [2.45, 2.75) is 25.3 Å². The number of thiophene rings is 1. The maximum absolute atomic E-state index is 12.3. The molecule has 3 rings (SSSR count). The number of nitrogens with zero attached hydrogens (tertiary/aromatic N) is 1. The number of nitrogens with one attached hydrogen (secondary N) is 1. The van der Waals surface area contributed by atoms with Gasteiger partial charge in [0.25, 0.3) is 5.91 Å². The average Bonchev–Trinajstić information content (AvgIpc) is 2.91. The lowest BCUT2D eigenvalue weighted by molar-refractivity contribution is 0.0597. The van der Waals surface area contributed by atoms with Gasteiger partial charge in [-0.25, -0.2) is 0 Å². The van der Waals surface area contributed by atoms with E-state index in [2.05, 4.69) is 5.32 Å². The lowest BCUT2D eigenvalue weighted by Gasteiger charge is -2.41. The lowest BCUT2D eigenvalue weighted by atomic mass is 9.85. The van der Waals surface area contributed by atoms with Crippen LogP contribution in [0.5, 0.6) is 0 Å². The highest BCUT2D eigenvalue weighted by Crippen LogP contribution is 2.26. The van der Waals surface area contributed by atoms with Crippen molar-refractivity contribution in [3.8, 4) is 0 Å². The Hall–Kier alpha value is -0.870. The maximum atomic E-state index is 12.3. The normalized spacial score (nSPS) is 28.8. The third-order valence-corrected chi connectivity index (χ3v) is 4.77. The van der Waals surface area contributed by atoms with Gasteiger partial charge in [0, 0.05) is 19.1 Å². The number of hydrogen-bond acceptors (Lipinski definition) is 3. The summed E-state index contributed by atoms with van der Waals surface area (Å²) in [7, 11) is 0. The minimum Gasteiger partial charge on any atom is -0.338 e. The smallest absolute Gasteiger partial charge is 0.263 e. The summed E-state index contributed by atoms with van der Waals surface area (Å²) in [4.78, 5) is 15.2. The molecule has 17 heavy (non-hydrogen) atoms. The minimum atomic E-state index is 0.226. The maximum Gasteiger partial charge on any atom is 0.263 e. The molecule has 2 fully saturated rings. The number of piperidine rings is 2. The highest BCUT2D eigenvalue weighted by atomic mass is 32.1. The van der Waals surface area contributed by atoms with Crippen molar-refractivity contribution in [1.82, 2.24) is 10.2 Å². The standard InChI is InChI=1S/C13H18N2OS/c16-13(12-4-2-8-17-12)15-7-5-11-10(9-15)3-1-6-14-11/h2,4,8,10-11,14H,1,3,5-7,9H2/t10-,11+/m0/s1. The number of carbonyl (C=O) groups excluding carboxylic acids is 1. The van der Waals surface area contributed by atoms with Crippen molar-refractivity contribution >= 4 is 17.2 Å². The molecular weight excluding hydrogens is 232 g/mol. The molecule has 0 radical (unpaired) electrons. The van der Waals surface area contributed by atoms with Crippen molar-refractivity contribution in [2.75, 3.05) is 19.6 Å². The van der Waals surface area contributed by atoms with Crippen LogP contribution in [0.4, 0.5) is 0 Å². The molecule has 2 aliphatic rings. The molecule has 92 valence electrons. The van der Waals surface area contributed by atoms with E-state index in [9.17, 15) is 4.79 Å². The molecule has 1 aromatic rings. The monoisotopic (exact) mass is 250 g/mol. The second-order valence-electron chi connectivity index (χ2n) is 4.98. The predicted molar refractivity (Wildman–Crippen MR) is 69.4 cm³/mol. The van der Waals surface area contributed by atoms with Gasteiger partial charge in [-0.1, -0.05) is 6.07 Å². The molecule has 0 aromatic carbocycles. The fraction of sp³-hybridized carbons (Fsp3) is 0.615. The molecule has 2 atom stereocenters. The van der Waals surface area contributed by atoms with Gasteiger partial charge >= 0.3 is 0 Å². The van der Waals surface area contributed by atoms with Crippen LogP contribution < -0.4 is 5.32 Å². The molecule has 2 saturated heterocycles. The van der Waals surface area contributed by atoms with E-state index in [1.54, 1.807) is 11.3 Å². The lowest BCUT2D eigenvalue weighted by Crippen LogP contribution is -2.53. The third-order valence-electron chi connectivity index (χ3n) is 3.91. The van der Waals surface area contributed by atoms with Gasteiger partial charge in [0.05, 0.1) is 4.88 Å². The van der Waals surface area contributed by atoms with E-state index in [-0.39, 0.29) is 5.91 Å². The number of amides is 1. The zero-order valence-electron chi connectivity index (χ0n) is 9.89. The molecule has 1 amide bonds. The highest BCUT2D eigenvalue weighted by Gasteiger charge is 2.33. The van der Waals surface area contributed by atoms with Crippen LogP contribution >= 0.6 is 11.3 Å². The van der Waals surface area contributed by atoms with Crippen molar-refractivity contribution in [1.29, 1.82) is 0 Å². The van der Waals surface area contributed by atoms with Gasteiger partial charge in [0.2, 0.25) is 0 Å². The first kappa shape index (κ1) is 11.2. The first-order chi connectivity index (χ1) is 8.34. The summed E-state index contributed by atoms with van der Waals surface area (Å²) < 4.78 is 0. The second-order valence-corrected chi connectivity index (χ2v) is 5.93. The van der Waals surface area contributed by atoms with Crippen LogP contribution in [0, 0.1) is 5.92 Å². The molecule has 0 saturated carbocycles. The molecule has 3 nitrogen and oxygen atoms in total. The highest BCUT2D eigenvalue weighted by molar-refractivity contribution is 7.12. The van der Waals surface area contributed by atoms with Crippen LogP contribution in [0.15, 0.2) is 17.5 Å². The molecule has 0 aliphatic carbocycles. The predicted octanol–water partition coefficient (Wildman–Crippen LogP) is 1.96. The van der Waals surface area contributed by atoms with Crippen LogP contribution in [0.3, 0.4) is 0 Å². The van der Waals surface area contributed by atoms with E-state index in [0.717, 1.165) is 30.9 Å². The largest absolute Gasteiger partial charge is 0.338 e. The minimum absolute atomic E-state index is 0.226. The Morgan fingerprint density at radius 1 is 1.47 bits per heavy atom. The van der Waals surface area contributed by atoms with Crippen molar-refractivity contribution in [3.05, 3.63) is 22.4 Å². The zero-order chi connectivity index (χ0) is 11.7. The van der Waals surface area contributed by atoms with E-state index in [1.807, 2.05) is 22.4 Å². The Balaban J connectivity index is 1.67. The van der Waals surface area contributed by atoms with Gasteiger partial charge in [-0.3, -0.25) is 4.79 Å². The fourth-order valence-corrected chi connectivity index (χ4v) is 3.68. The first-order valence-electron chi connectivity index (χ1n) is 6.41. The van der Waals surface area contributed by atoms with Crippen LogP contribution in [0.1, 0.15) is 28.9 Å². The summed E-state index contributed by atoms with van der Waals surface area (Å²) >= 11 is 1.55. The van der Waals surface area contributed by atoms with Crippen LogP contribution in [0.25, 0.3) is 0 Å². The zero-order valence-corrected chi connectivity index (χ0v) is 10.7. The van der Waals surface area contributed by atoms with Crippen molar-refractivity contribution in [3.63, 3.8) is 0 Å². The van der Waals surface area contributed by atoms with Crippen LogP contribution in [-0.4, -0.2) is 36.5 Å². The molecule has 3 heterocycles. The summed E-state index contributed by atoms with van der Waals surface area (Å²) in [6.45, 7) is 3.00. The second kappa shape index (κ2) is 4.78. The van der Waals surface area contributed by atoms with E-state index in [4.69, 9.17) is 0 Å². The summed E-state index contributed by atoms with van der Waals surface area (Å²) in [6, 6.07) is 4.53. The summed E-state index contributed by atoms with van der Waals surface area (Å²) in [5.74, 6) is 0.894. The Morgan fingerprint density at radius 2 is 2.41 bits per heavy atom. The SMILES string of the molecule is O=C(c1cccs1)N1CC[C@H]2NCCC[C@H]2C1. The van der Waals surface area contributed by atoms with E-state index in [0.29, 0.717) is 12.0 Å². The molecule has 2 aliphatic heterocycles. The molecule has 0 unspecified atom stereocenters. The molecule has 0 bridgehead atoms. The molecule has 1 N–H and O–H groups in total. The summed E-state index contributed by atoms with van der Waals surface area (Å²) in [6.07, 6.45) is 3.63. The van der Waals surface area contributed by atoms with Crippen LogP contribution in [0.2, 0.25) is 0 Å². The topological polar surface area (TPSA) is 32.3 Å². The molecule has 0 spiro atoms. The number of hydrogen-bond donors (Lipinski definition) is 1. The van der Waals surface area contributed by atoms with Crippen LogP contribution in [-0.2, 0) is 0 Å². The number of fused-ring (bicyclic) bond motifs is 1. The number of rotatable bonds is 1. The Morgan fingerprint density at radius 3 is 3.24 bits per heavy atom. The van der Waals surface area contributed by atoms with Gasteiger partial charge in [-0.05, 0) is 43.2 Å². The van der Waals surface area contributed by atoms with Gasteiger partial charge < -0.3 is 10.2 Å². The summed E-state index contributed by atoms with van der Waals surface area (Å²) in [5, 5.41) is 5.55. The van der Waals surface area contributed by atoms with Gasteiger partial charge in [0.15, 0.2) is 0 Å². The Labute approximate surface area is 106 Å². The van der Waals surface area contributed by atoms with E-state index >= 15 is 0 Å². The van der Waals surface area contributed by atoms with Crippen molar-refractivity contribution < 1.29 is 4.79 Å². The van der Waals surface area contributed by atoms with Gasteiger partial charge in [0.1, 0.15) is 0 Å². The van der Waals surface area contributed by atoms with E-state index in [1.165, 1.54) is 12.8 Å². The fourth-order valence-electron chi connectivity index (χ4n) is 2.99. The average molecular weight is 250 g/mol. The molecule has 1 aromatic heterocycles. The van der Waals surface area contributed by atoms with Gasteiger partial charge in [-0.15, -0.1) is 11.3 Å². The third kappa shape index (κ3) is 2.24. The number of carbonyl (C=O) groups is 1. The van der Waals surface area contributed by atoms with Crippen molar-refractivity contribution in [2.24, 2.45) is 5.92 Å². The molecule has 4 heteroatoms.